The van der Waals surface area contributed by atoms with Crippen LogP contribution >= 0.6 is 0 Å². The van der Waals surface area contributed by atoms with Crippen molar-refractivity contribution in [2.45, 2.75) is 194 Å². The SMILES string of the molecule is CCCC[N+](CC)(CCC)CCOCc1ccccc1.CCC[N+](CC)(CCC)CCOCCc1ccccc1.CCC[N+](CC)(CCC)CCOCc1ccccc1.CC[N+](CC)(CC)CCOCCc1ccccc1.CC[N+](CC)(CC)CCOCc1ccccc1.C[N+](C)(C)CCOCCc1ccccc1.C[N+](C)(C)CCOCc1ccccc1. The predicted molar refractivity (Wildman–Crippen MR) is 529 cm³/mol. The van der Waals surface area contributed by atoms with Crippen LogP contribution in [0, 0.1) is 0 Å². The summed E-state index contributed by atoms with van der Waals surface area (Å²) in [7, 11) is 13.1. The lowest BCUT2D eigenvalue weighted by Gasteiger charge is -2.37. The van der Waals surface area contributed by atoms with Gasteiger partial charge in [-0.1, -0.05) is 260 Å². The summed E-state index contributed by atoms with van der Waals surface area (Å²) >= 11 is 0. The Morgan fingerprint density at radius 1 is 0.171 bits per heavy atom. The lowest BCUT2D eigenvalue weighted by atomic mass is 10.2. The second-order valence-electron chi connectivity index (χ2n) is 35.6. The van der Waals surface area contributed by atoms with Crippen molar-refractivity contribution in [1.82, 2.24) is 0 Å². The molecule has 0 saturated heterocycles. The topological polar surface area (TPSA) is 64.6 Å². The van der Waals surface area contributed by atoms with Gasteiger partial charge in [-0.3, -0.25) is 0 Å². The van der Waals surface area contributed by atoms with Crippen LogP contribution in [0.25, 0.3) is 0 Å². The minimum absolute atomic E-state index is 0.723. The van der Waals surface area contributed by atoms with E-state index in [4.69, 9.17) is 33.2 Å². The summed E-state index contributed by atoms with van der Waals surface area (Å²) < 4.78 is 48.2. The summed E-state index contributed by atoms with van der Waals surface area (Å²) in [6.45, 7) is 72.1. The monoisotopic (exact) mass is 1710 g/mol. The average Bonchev–Trinajstić information content (AvgIpc) is 0.896. The molecule has 14 nitrogen and oxygen atoms in total. The van der Waals surface area contributed by atoms with Crippen molar-refractivity contribution in [1.29, 1.82) is 0 Å². The summed E-state index contributed by atoms with van der Waals surface area (Å²) in [5, 5.41) is 0. The Morgan fingerprint density at radius 2 is 0.350 bits per heavy atom. The van der Waals surface area contributed by atoms with Crippen molar-refractivity contribution < 1.29 is 64.5 Å². The standard InChI is InChI=1S/2C18H32NO.C17H30NO.C16H28NO.C15H26NO.C13H22NO.C12H20NO/c1-4-13-19(6-3,14-5-2)15-17-20-16-12-18-10-8-7-9-11-18;1-4-7-14-19(6-3,13-5-2)15-16-20-17-18-11-9-8-10-12-18;1-4-12-18(6-3,13-5-2)14-15-19-16-17-10-8-7-9-11-17;1-4-17(5-2,6-3)13-15-18-14-12-16-10-8-7-9-11-16;1-4-16(5-2,6-3)12-13-17-14-15-10-8-7-9-11-15;1-14(2,3)10-12-15-11-9-13-7-5-4-6-8-13;1-13(2,3)9-10-14-11-12-7-5-4-6-8-12/h7-11H,4-6,12-17H2,1-3H3;8-12H,4-7,13-17H2,1-3H3;7-11H,4-6,12-16H2,1-3H3;7-11H,4-6,12-15H2,1-3H3;7-11H,4-6,12-14H2,1-3H3;4-8H,9-12H2,1-3H3;4-8H,9-11H2,1-3H3/q7*+1. The van der Waals surface area contributed by atoms with Gasteiger partial charge in [-0.2, -0.15) is 0 Å². The minimum atomic E-state index is 0.723. The number of nitrogens with zero attached hydrogens (tertiary/aromatic N) is 7. The van der Waals surface area contributed by atoms with E-state index in [1.54, 1.807) is 0 Å². The first-order chi connectivity index (χ1) is 59.5. The Kier molecular flexibility index (Phi) is 68.2. The van der Waals surface area contributed by atoms with Crippen LogP contribution in [0.15, 0.2) is 212 Å². The van der Waals surface area contributed by atoms with Crippen LogP contribution in [0.1, 0.15) is 188 Å². The fourth-order valence-electron chi connectivity index (χ4n) is 15.4. The zero-order chi connectivity index (χ0) is 90.8. The number of likely N-dealkylation sites (N-methyl/N-ethyl adjacent to an activating group) is 7. The molecule has 0 bridgehead atoms. The number of ether oxygens (including phenoxy) is 7. The quantitative estimate of drug-likeness (QED) is 0.0278. The molecule has 0 saturated carbocycles. The van der Waals surface area contributed by atoms with Crippen molar-refractivity contribution in [2.75, 3.05) is 252 Å². The molecular formula is C109H190N7O7+7. The van der Waals surface area contributed by atoms with Gasteiger partial charge in [0.25, 0.3) is 0 Å². The molecule has 1 unspecified atom stereocenters. The molecule has 0 aromatic heterocycles. The zero-order valence-electron chi connectivity index (χ0n) is 83.2. The molecule has 1 atom stereocenters. The molecule has 0 amide bonds. The van der Waals surface area contributed by atoms with E-state index in [0.29, 0.717) is 0 Å². The van der Waals surface area contributed by atoms with E-state index in [-0.39, 0.29) is 0 Å². The van der Waals surface area contributed by atoms with Crippen molar-refractivity contribution in [3.63, 3.8) is 0 Å². The Balaban J connectivity index is 0.000000720. The highest BCUT2D eigenvalue weighted by Crippen LogP contribution is 2.16. The molecule has 0 aliphatic rings. The summed E-state index contributed by atoms with van der Waals surface area (Å²) in [6, 6.07) is 73.2. The number of benzene rings is 7. The molecule has 0 aliphatic carbocycles. The number of hydrogen-bond acceptors (Lipinski definition) is 7. The van der Waals surface area contributed by atoms with E-state index in [2.05, 4.69) is 322 Å². The third kappa shape index (κ3) is 58.1. The normalized spacial score (nSPS) is 12.1. The van der Waals surface area contributed by atoms with Crippen LogP contribution in [-0.4, -0.2) is 284 Å². The van der Waals surface area contributed by atoms with E-state index in [1.165, 1.54) is 200 Å². The highest BCUT2D eigenvalue weighted by Gasteiger charge is 2.27. The van der Waals surface area contributed by atoms with Crippen LogP contribution in [0.5, 0.6) is 0 Å². The Morgan fingerprint density at radius 3 is 0.545 bits per heavy atom. The molecule has 0 radical (unpaired) electrons. The molecule has 696 valence electrons. The van der Waals surface area contributed by atoms with Gasteiger partial charge in [0, 0.05) is 0 Å². The zero-order valence-corrected chi connectivity index (χ0v) is 83.2. The van der Waals surface area contributed by atoms with Gasteiger partial charge in [0.15, 0.2) is 0 Å². The molecule has 0 N–H and O–H groups in total. The Hall–Kier alpha value is -6.02. The number of unbranched alkanes of at least 4 members (excludes halogenated alkanes) is 1. The molecule has 0 heterocycles. The fourth-order valence-corrected chi connectivity index (χ4v) is 15.4. The van der Waals surface area contributed by atoms with Crippen LogP contribution in [0.4, 0.5) is 0 Å². The smallest absolute Gasteiger partial charge is 0.102 e. The van der Waals surface area contributed by atoms with E-state index < -0.39 is 0 Å². The number of quaternary nitrogens is 7. The summed E-state index contributed by atoms with van der Waals surface area (Å²) in [6.07, 6.45) is 12.0. The summed E-state index contributed by atoms with van der Waals surface area (Å²) in [5.41, 5.74) is 9.12. The van der Waals surface area contributed by atoms with Crippen molar-refractivity contribution in [3.05, 3.63) is 251 Å². The molecule has 123 heavy (non-hydrogen) atoms. The molecule has 0 spiro atoms. The van der Waals surface area contributed by atoms with E-state index >= 15 is 0 Å². The number of rotatable bonds is 60. The first kappa shape index (κ1) is 115. The minimum Gasteiger partial charge on any atom is -0.375 e. The van der Waals surface area contributed by atoms with Gasteiger partial charge in [0.1, 0.15) is 45.8 Å². The lowest BCUT2D eigenvalue weighted by Crippen LogP contribution is -2.51. The second-order valence-corrected chi connectivity index (χ2v) is 35.6. The maximum absolute atomic E-state index is 5.89. The maximum atomic E-state index is 5.89. The molecule has 14 heteroatoms. The number of hydrogen-bond donors (Lipinski definition) is 0. The van der Waals surface area contributed by atoms with Crippen LogP contribution in [0.2, 0.25) is 0 Å². The lowest BCUT2D eigenvalue weighted by molar-refractivity contribution is -0.927. The Bertz CT molecular complexity index is 3350. The molecular weight excluding hydrogens is 1520 g/mol. The molecule has 0 fully saturated rings. The predicted octanol–water partition coefficient (Wildman–Crippen LogP) is 22.1. The van der Waals surface area contributed by atoms with E-state index in [0.717, 1.165) is 171 Å². The van der Waals surface area contributed by atoms with Gasteiger partial charge in [0.2, 0.25) is 0 Å². The van der Waals surface area contributed by atoms with Gasteiger partial charge >= 0.3 is 0 Å². The largest absolute Gasteiger partial charge is 0.375 e. The molecule has 7 rings (SSSR count). The van der Waals surface area contributed by atoms with Crippen LogP contribution in [-0.2, 0) is 78.8 Å². The Labute approximate surface area is 758 Å². The highest BCUT2D eigenvalue weighted by atomic mass is 16.5. The van der Waals surface area contributed by atoms with Gasteiger partial charge in [-0.05, 0) is 159 Å². The molecule has 7 aromatic rings. The first-order valence-electron chi connectivity index (χ1n) is 48.6. The van der Waals surface area contributed by atoms with Crippen molar-refractivity contribution in [2.24, 2.45) is 0 Å². The summed E-state index contributed by atoms with van der Waals surface area (Å²) in [5.74, 6) is 0. The van der Waals surface area contributed by atoms with Crippen LogP contribution in [0.3, 0.4) is 0 Å². The molecule has 7 aromatic carbocycles. The summed E-state index contributed by atoms with van der Waals surface area (Å²) in [4.78, 5) is 0. The maximum Gasteiger partial charge on any atom is 0.102 e. The van der Waals surface area contributed by atoms with E-state index in [9.17, 15) is 0 Å². The van der Waals surface area contributed by atoms with Crippen LogP contribution < -0.4 is 0 Å². The van der Waals surface area contributed by atoms with Crippen molar-refractivity contribution >= 4 is 0 Å². The third-order valence-corrected chi connectivity index (χ3v) is 24.5. The van der Waals surface area contributed by atoms with Crippen molar-refractivity contribution in [3.8, 4) is 0 Å². The fraction of sp³-hybridized carbons (Fsp3) is 0.615. The third-order valence-electron chi connectivity index (χ3n) is 24.5. The highest BCUT2D eigenvalue weighted by molar-refractivity contribution is 5.18. The van der Waals surface area contributed by atoms with Gasteiger partial charge in [-0.25, -0.2) is 0 Å². The average molecular weight is 1710 g/mol. The van der Waals surface area contributed by atoms with E-state index in [1.807, 2.05) is 36.4 Å². The van der Waals surface area contributed by atoms with Gasteiger partial charge < -0.3 is 64.5 Å². The first-order valence-corrected chi connectivity index (χ1v) is 48.6. The van der Waals surface area contributed by atoms with Gasteiger partial charge in [0.05, 0.1) is 233 Å². The van der Waals surface area contributed by atoms with Gasteiger partial charge in [-0.15, -0.1) is 0 Å². The second kappa shape index (κ2) is 72.9. The molecule has 0 aliphatic heterocycles.